The Morgan fingerprint density at radius 1 is 1.30 bits per heavy atom. The van der Waals surface area contributed by atoms with Gasteiger partial charge in [0.05, 0.1) is 30.4 Å². The van der Waals surface area contributed by atoms with Crippen LogP contribution in [0.5, 0.6) is 0 Å². The molecular formula is C18H18N2O3. The molecule has 0 saturated heterocycles. The lowest BCUT2D eigenvalue weighted by molar-refractivity contribution is -0.136. The maximum atomic E-state index is 12.1. The lowest BCUT2D eigenvalue weighted by Crippen LogP contribution is -2.15. The quantitative estimate of drug-likeness (QED) is 0.814. The fourth-order valence-corrected chi connectivity index (χ4v) is 2.68. The summed E-state index contributed by atoms with van der Waals surface area (Å²) in [6.45, 7) is 3.94. The Kier molecular flexibility index (Phi) is 4.10. The van der Waals surface area contributed by atoms with Gasteiger partial charge in [-0.05, 0) is 44.4 Å². The Morgan fingerprint density at radius 3 is 2.74 bits per heavy atom. The Morgan fingerprint density at radius 2 is 2.13 bits per heavy atom. The Hall–Kier alpha value is -2.69. The second-order valence-corrected chi connectivity index (χ2v) is 5.45. The predicted octanol–water partition coefficient (Wildman–Crippen LogP) is 3.46. The second-order valence-electron chi connectivity index (χ2n) is 5.45. The summed E-state index contributed by atoms with van der Waals surface area (Å²) in [4.78, 5) is 20.9. The molecule has 5 heteroatoms. The standard InChI is InChI=1S/C18H18N2O3/c1-11-12(2)23-10-15(11)16-7-6-14(18(21)22-3)17(20-16)13-5-4-8-19-9-13/h4-5,8-10H,6-7H2,1-3H3. The summed E-state index contributed by atoms with van der Waals surface area (Å²) in [5, 5.41) is 0. The third-order valence-electron chi connectivity index (χ3n) is 4.11. The number of rotatable bonds is 3. The minimum absolute atomic E-state index is 0.341. The SMILES string of the molecule is COC(=O)C1=C(c2cccnc2)N=C(c2coc(C)c2C)CC1. The van der Waals surface area contributed by atoms with Crippen LogP contribution in [0.3, 0.4) is 0 Å². The molecular weight excluding hydrogens is 292 g/mol. The van der Waals surface area contributed by atoms with Gasteiger partial charge in [0.1, 0.15) is 5.76 Å². The van der Waals surface area contributed by atoms with Gasteiger partial charge in [-0.15, -0.1) is 0 Å². The van der Waals surface area contributed by atoms with Crippen LogP contribution in [0.1, 0.15) is 35.3 Å². The van der Waals surface area contributed by atoms with Crippen molar-refractivity contribution >= 4 is 17.4 Å². The van der Waals surface area contributed by atoms with Gasteiger partial charge in [0, 0.05) is 23.5 Å². The van der Waals surface area contributed by atoms with Crippen LogP contribution in [0.4, 0.5) is 0 Å². The maximum Gasteiger partial charge on any atom is 0.335 e. The Bertz CT molecular complexity index is 801. The lowest BCUT2D eigenvalue weighted by atomic mass is 9.94. The minimum atomic E-state index is -0.341. The number of esters is 1. The van der Waals surface area contributed by atoms with Crippen molar-refractivity contribution in [1.82, 2.24) is 4.98 Å². The highest BCUT2D eigenvalue weighted by Gasteiger charge is 2.25. The molecule has 0 N–H and O–H groups in total. The van der Waals surface area contributed by atoms with Crippen LogP contribution in [-0.2, 0) is 9.53 Å². The zero-order chi connectivity index (χ0) is 16.4. The van der Waals surface area contributed by atoms with Gasteiger partial charge >= 0.3 is 5.97 Å². The molecule has 0 bridgehead atoms. The number of pyridine rings is 1. The van der Waals surface area contributed by atoms with Crippen molar-refractivity contribution in [2.24, 2.45) is 4.99 Å². The molecule has 0 unspecified atom stereocenters. The van der Waals surface area contributed by atoms with Crippen molar-refractivity contribution in [2.45, 2.75) is 26.7 Å². The van der Waals surface area contributed by atoms with Gasteiger partial charge in [-0.3, -0.25) is 9.98 Å². The number of carbonyl (C=O) groups is 1. The lowest BCUT2D eigenvalue weighted by Gasteiger charge is -2.18. The first-order valence-corrected chi connectivity index (χ1v) is 7.46. The van der Waals surface area contributed by atoms with E-state index in [9.17, 15) is 4.79 Å². The first kappa shape index (κ1) is 15.2. The highest BCUT2D eigenvalue weighted by molar-refractivity contribution is 6.09. The normalized spacial score (nSPS) is 14.7. The van der Waals surface area contributed by atoms with Gasteiger partial charge in [0.15, 0.2) is 0 Å². The molecule has 3 rings (SSSR count). The molecule has 5 nitrogen and oxygen atoms in total. The number of aliphatic imine (C=N–C) groups is 1. The van der Waals surface area contributed by atoms with Gasteiger partial charge in [0.2, 0.25) is 0 Å². The number of ether oxygens (including phenoxy) is 1. The zero-order valence-corrected chi connectivity index (χ0v) is 13.4. The number of carbonyl (C=O) groups excluding carboxylic acids is 1. The highest BCUT2D eigenvalue weighted by atomic mass is 16.5. The molecule has 2 aromatic heterocycles. The van der Waals surface area contributed by atoms with E-state index in [1.807, 2.05) is 26.0 Å². The molecule has 1 aliphatic heterocycles. The molecule has 0 amide bonds. The van der Waals surface area contributed by atoms with Gasteiger partial charge in [0.25, 0.3) is 0 Å². The fourth-order valence-electron chi connectivity index (χ4n) is 2.68. The second kappa shape index (κ2) is 6.20. The van der Waals surface area contributed by atoms with E-state index < -0.39 is 0 Å². The summed E-state index contributed by atoms with van der Waals surface area (Å²) in [6.07, 6.45) is 6.39. The van der Waals surface area contributed by atoms with Crippen LogP contribution in [0.25, 0.3) is 5.70 Å². The maximum absolute atomic E-state index is 12.1. The van der Waals surface area contributed by atoms with Crippen LogP contribution < -0.4 is 0 Å². The van der Waals surface area contributed by atoms with E-state index in [4.69, 9.17) is 14.1 Å². The average molecular weight is 310 g/mol. The average Bonchev–Trinajstić information content (AvgIpc) is 2.93. The Labute approximate surface area is 134 Å². The van der Waals surface area contributed by atoms with Gasteiger partial charge in [-0.1, -0.05) is 0 Å². The van der Waals surface area contributed by atoms with Crippen molar-refractivity contribution in [1.29, 1.82) is 0 Å². The van der Waals surface area contributed by atoms with Crippen LogP contribution >= 0.6 is 0 Å². The molecule has 0 fully saturated rings. The molecule has 3 heterocycles. The molecule has 1 aliphatic rings. The molecule has 0 radical (unpaired) electrons. The third kappa shape index (κ3) is 2.82. The van der Waals surface area contributed by atoms with E-state index in [1.165, 1.54) is 7.11 Å². The summed E-state index contributed by atoms with van der Waals surface area (Å²) in [7, 11) is 1.39. The van der Waals surface area contributed by atoms with Crippen LogP contribution in [-0.4, -0.2) is 23.8 Å². The van der Waals surface area contributed by atoms with E-state index in [1.54, 1.807) is 18.7 Å². The molecule has 2 aromatic rings. The summed E-state index contributed by atoms with van der Waals surface area (Å²) in [5.41, 5.74) is 5.02. The molecule has 0 atom stereocenters. The smallest absolute Gasteiger partial charge is 0.335 e. The number of methoxy groups -OCH3 is 1. The van der Waals surface area contributed by atoms with Crippen LogP contribution in [0, 0.1) is 13.8 Å². The third-order valence-corrected chi connectivity index (χ3v) is 4.11. The summed E-state index contributed by atoms with van der Waals surface area (Å²) < 4.78 is 10.4. The molecule has 23 heavy (non-hydrogen) atoms. The molecule has 118 valence electrons. The zero-order valence-electron chi connectivity index (χ0n) is 13.4. The van der Waals surface area contributed by atoms with Crippen molar-refractivity contribution < 1.29 is 13.9 Å². The molecule has 0 aromatic carbocycles. The van der Waals surface area contributed by atoms with Crippen LogP contribution in [0.15, 0.2) is 45.8 Å². The number of nitrogens with zero attached hydrogens (tertiary/aromatic N) is 2. The van der Waals surface area contributed by atoms with E-state index in [2.05, 4.69) is 4.98 Å². The number of hydrogen-bond acceptors (Lipinski definition) is 5. The molecule has 0 aliphatic carbocycles. The number of hydrogen-bond donors (Lipinski definition) is 0. The molecule has 0 saturated carbocycles. The van der Waals surface area contributed by atoms with Crippen molar-refractivity contribution in [3.05, 3.63) is 58.8 Å². The highest BCUT2D eigenvalue weighted by Crippen LogP contribution is 2.31. The van der Waals surface area contributed by atoms with E-state index in [0.717, 1.165) is 28.2 Å². The largest absolute Gasteiger partial charge is 0.469 e. The first-order chi connectivity index (χ1) is 11.1. The minimum Gasteiger partial charge on any atom is -0.469 e. The monoisotopic (exact) mass is 310 g/mol. The van der Waals surface area contributed by atoms with E-state index >= 15 is 0 Å². The van der Waals surface area contributed by atoms with Gasteiger partial charge in [-0.2, -0.15) is 0 Å². The van der Waals surface area contributed by atoms with Crippen molar-refractivity contribution in [3.63, 3.8) is 0 Å². The van der Waals surface area contributed by atoms with Gasteiger partial charge in [-0.25, -0.2) is 4.79 Å². The van der Waals surface area contributed by atoms with Crippen molar-refractivity contribution in [3.8, 4) is 0 Å². The first-order valence-electron chi connectivity index (χ1n) is 7.46. The number of aryl methyl sites for hydroxylation is 1. The van der Waals surface area contributed by atoms with E-state index in [-0.39, 0.29) is 5.97 Å². The van der Waals surface area contributed by atoms with Crippen molar-refractivity contribution in [2.75, 3.05) is 7.11 Å². The van der Waals surface area contributed by atoms with E-state index in [0.29, 0.717) is 24.1 Å². The van der Waals surface area contributed by atoms with Gasteiger partial charge < -0.3 is 9.15 Å². The number of furan rings is 1. The van der Waals surface area contributed by atoms with Crippen LogP contribution in [0.2, 0.25) is 0 Å². The topological polar surface area (TPSA) is 64.7 Å². The molecule has 0 spiro atoms. The summed E-state index contributed by atoms with van der Waals surface area (Å²) >= 11 is 0. The Balaban J connectivity index is 2.13. The summed E-state index contributed by atoms with van der Waals surface area (Å²) in [5.74, 6) is 0.542. The number of aromatic nitrogens is 1. The fraction of sp³-hybridized carbons (Fsp3) is 0.278. The summed E-state index contributed by atoms with van der Waals surface area (Å²) in [6, 6.07) is 3.72. The predicted molar refractivity (Wildman–Crippen MR) is 87.1 cm³/mol.